The van der Waals surface area contributed by atoms with Gasteiger partial charge in [0.2, 0.25) is 0 Å². The van der Waals surface area contributed by atoms with Gasteiger partial charge < -0.3 is 14.8 Å². The zero-order valence-electron chi connectivity index (χ0n) is 13.9. The molecule has 0 bridgehead atoms. The lowest BCUT2D eigenvalue weighted by molar-refractivity contribution is -0.00861. The minimum Gasteiger partial charge on any atom is -0.496 e. The van der Waals surface area contributed by atoms with Gasteiger partial charge in [-0.1, -0.05) is 19.1 Å². The molecule has 1 fully saturated rings. The van der Waals surface area contributed by atoms with Crippen molar-refractivity contribution in [2.45, 2.75) is 58.6 Å². The summed E-state index contributed by atoms with van der Waals surface area (Å²) in [5.41, 5.74) is 3.74. The van der Waals surface area contributed by atoms with Crippen molar-refractivity contribution >= 4 is 0 Å². The second-order valence-corrected chi connectivity index (χ2v) is 5.97. The Balaban J connectivity index is 2.33. The van der Waals surface area contributed by atoms with Crippen molar-refractivity contribution in [3.63, 3.8) is 0 Å². The first-order chi connectivity index (χ1) is 10.2. The van der Waals surface area contributed by atoms with Gasteiger partial charge in [0.25, 0.3) is 0 Å². The van der Waals surface area contributed by atoms with Gasteiger partial charge in [-0.2, -0.15) is 0 Å². The number of nitrogens with one attached hydrogen (secondary N) is 1. The smallest absolute Gasteiger partial charge is 0.126 e. The van der Waals surface area contributed by atoms with E-state index in [9.17, 15) is 0 Å². The molecular formula is C18H29NO2. The maximum atomic E-state index is 6.04. The first kappa shape index (κ1) is 16.3. The standard InChI is InChI=1S/C18H29NO2/c1-5-11-19-17(16-8-6-7-12-21-16)15-10-9-13(2)14(3)18(15)20-4/h9-10,16-17,19H,5-8,11-12H2,1-4H3. The Bertz CT molecular complexity index is 453. The fraction of sp³-hybridized carbons (Fsp3) is 0.667. The van der Waals surface area contributed by atoms with Gasteiger partial charge in [0.1, 0.15) is 5.75 Å². The second-order valence-electron chi connectivity index (χ2n) is 5.97. The van der Waals surface area contributed by atoms with E-state index in [1.54, 1.807) is 7.11 Å². The SMILES string of the molecule is CCCNC(c1ccc(C)c(C)c1OC)C1CCCCO1. The molecule has 1 heterocycles. The van der Waals surface area contributed by atoms with Crippen LogP contribution < -0.4 is 10.1 Å². The Morgan fingerprint density at radius 1 is 1.33 bits per heavy atom. The van der Waals surface area contributed by atoms with Crippen LogP contribution >= 0.6 is 0 Å². The highest BCUT2D eigenvalue weighted by Gasteiger charge is 2.28. The molecule has 1 aromatic rings. The zero-order chi connectivity index (χ0) is 15.2. The maximum absolute atomic E-state index is 6.04. The Morgan fingerprint density at radius 2 is 2.14 bits per heavy atom. The third-order valence-corrected chi connectivity index (χ3v) is 4.45. The summed E-state index contributed by atoms with van der Waals surface area (Å²) in [5, 5.41) is 3.67. The predicted molar refractivity (Wildman–Crippen MR) is 87.1 cm³/mol. The number of hydrogen-bond donors (Lipinski definition) is 1. The molecule has 2 atom stereocenters. The predicted octanol–water partition coefficient (Wildman–Crippen LogP) is 3.92. The average molecular weight is 291 g/mol. The van der Waals surface area contributed by atoms with Crippen molar-refractivity contribution in [2.24, 2.45) is 0 Å². The molecular weight excluding hydrogens is 262 g/mol. The Hall–Kier alpha value is -1.06. The molecule has 118 valence electrons. The molecule has 0 saturated carbocycles. The molecule has 3 heteroatoms. The van der Waals surface area contributed by atoms with Crippen LogP contribution in [-0.2, 0) is 4.74 Å². The van der Waals surface area contributed by atoms with Crippen molar-refractivity contribution in [1.82, 2.24) is 5.32 Å². The van der Waals surface area contributed by atoms with Gasteiger partial charge in [-0.3, -0.25) is 0 Å². The fourth-order valence-electron chi connectivity index (χ4n) is 3.10. The lowest BCUT2D eigenvalue weighted by Crippen LogP contribution is -2.36. The Morgan fingerprint density at radius 3 is 2.76 bits per heavy atom. The maximum Gasteiger partial charge on any atom is 0.126 e. The molecule has 1 N–H and O–H groups in total. The number of ether oxygens (including phenoxy) is 2. The van der Waals surface area contributed by atoms with E-state index >= 15 is 0 Å². The number of methoxy groups -OCH3 is 1. The molecule has 0 aliphatic carbocycles. The van der Waals surface area contributed by atoms with Gasteiger partial charge in [0.15, 0.2) is 0 Å². The van der Waals surface area contributed by atoms with Crippen molar-refractivity contribution in [3.8, 4) is 5.75 Å². The molecule has 21 heavy (non-hydrogen) atoms. The van der Waals surface area contributed by atoms with Gasteiger partial charge in [-0.15, -0.1) is 0 Å². The highest BCUT2D eigenvalue weighted by molar-refractivity contribution is 5.47. The molecule has 3 nitrogen and oxygen atoms in total. The summed E-state index contributed by atoms with van der Waals surface area (Å²) < 4.78 is 11.8. The quantitative estimate of drug-likeness (QED) is 0.861. The normalized spacial score (nSPS) is 20.3. The van der Waals surface area contributed by atoms with E-state index in [-0.39, 0.29) is 12.1 Å². The molecule has 1 aliphatic rings. The lowest BCUT2D eigenvalue weighted by atomic mass is 9.92. The van der Waals surface area contributed by atoms with Crippen LogP contribution in [0.3, 0.4) is 0 Å². The van der Waals surface area contributed by atoms with E-state index in [0.29, 0.717) is 0 Å². The second kappa shape index (κ2) is 7.81. The van der Waals surface area contributed by atoms with Crippen LogP contribution in [0, 0.1) is 13.8 Å². The lowest BCUT2D eigenvalue weighted by Gasteiger charge is -2.33. The van der Waals surface area contributed by atoms with Crippen LogP contribution in [0.15, 0.2) is 12.1 Å². The van der Waals surface area contributed by atoms with Gasteiger partial charge in [-0.25, -0.2) is 0 Å². The van der Waals surface area contributed by atoms with Gasteiger partial charge in [0, 0.05) is 12.2 Å². The van der Waals surface area contributed by atoms with Gasteiger partial charge in [-0.05, 0) is 57.2 Å². The van der Waals surface area contributed by atoms with E-state index in [4.69, 9.17) is 9.47 Å². The summed E-state index contributed by atoms with van der Waals surface area (Å²) in [6.45, 7) is 8.34. The van der Waals surface area contributed by atoms with Crippen LogP contribution in [0.25, 0.3) is 0 Å². The van der Waals surface area contributed by atoms with E-state index in [1.165, 1.54) is 29.5 Å². The average Bonchev–Trinajstić information content (AvgIpc) is 2.52. The van der Waals surface area contributed by atoms with Crippen molar-refractivity contribution in [2.75, 3.05) is 20.3 Å². The monoisotopic (exact) mass is 291 g/mol. The summed E-state index contributed by atoms with van der Waals surface area (Å²) in [7, 11) is 1.77. The molecule has 0 amide bonds. The number of hydrogen-bond acceptors (Lipinski definition) is 3. The summed E-state index contributed by atoms with van der Waals surface area (Å²) in [5.74, 6) is 1.01. The third kappa shape index (κ3) is 3.78. The summed E-state index contributed by atoms with van der Waals surface area (Å²) in [6, 6.07) is 4.61. The van der Waals surface area contributed by atoms with E-state index in [0.717, 1.165) is 31.7 Å². The van der Waals surface area contributed by atoms with Crippen LogP contribution in [0.2, 0.25) is 0 Å². The first-order valence-electron chi connectivity index (χ1n) is 8.18. The zero-order valence-corrected chi connectivity index (χ0v) is 13.9. The topological polar surface area (TPSA) is 30.5 Å². The summed E-state index contributed by atoms with van der Waals surface area (Å²) in [6.07, 6.45) is 4.93. The van der Waals surface area contributed by atoms with Crippen molar-refractivity contribution in [3.05, 3.63) is 28.8 Å². The fourth-order valence-corrected chi connectivity index (χ4v) is 3.10. The van der Waals surface area contributed by atoms with Crippen molar-refractivity contribution < 1.29 is 9.47 Å². The van der Waals surface area contributed by atoms with Crippen LogP contribution in [-0.4, -0.2) is 26.4 Å². The molecule has 0 radical (unpaired) electrons. The van der Waals surface area contributed by atoms with Crippen LogP contribution in [0.5, 0.6) is 5.75 Å². The Kier molecular flexibility index (Phi) is 6.07. The minimum absolute atomic E-state index is 0.222. The van der Waals surface area contributed by atoms with E-state index < -0.39 is 0 Å². The molecule has 1 saturated heterocycles. The summed E-state index contributed by atoms with van der Waals surface area (Å²) in [4.78, 5) is 0. The largest absolute Gasteiger partial charge is 0.496 e. The van der Waals surface area contributed by atoms with E-state index in [1.807, 2.05) is 0 Å². The van der Waals surface area contributed by atoms with Crippen LogP contribution in [0.4, 0.5) is 0 Å². The van der Waals surface area contributed by atoms with Crippen molar-refractivity contribution in [1.29, 1.82) is 0 Å². The molecule has 2 unspecified atom stereocenters. The molecule has 1 aromatic carbocycles. The highest BCUT2D eigenvalue weighted by Crippen LogP contribution is 2.35. The number of aryl methyl sites for hydroxylation is 1. The molecule has 0 aromatic heterocycles. The number of benzene rings is 1. The minimum atomic E-state index is 0.222. The van der Waals surface area contributed by atoms with Gasteiger partial charge in [0.05, 0.1) is 19.3 Å². The molecule has 1 aliphatic heterocycles. The summed E-state index contributed by atoms with van der Waals surface area (Å²) >= 11 is 0. The van der Waals surface area contributed by atoms with Crippen LogP contribution in [0.1, 0.15) is 55.3 Å². The third-order valence-electron chi connectivity index (χ3n) is 4.45. The molecule has 2 rings (SSSR count). The van der Waals surface area contributed by atoms with E-state index in [2.05, 4.69) is 38.2 Å². The van der Waals surface area contributed by atoms with Gasteiger partial charge >= 0.3 is 0 Å². The number of rotatable bonds is 6. The highest BCUT2D eigenvalue weighted by atomic mass is 16.5. The Labute approximate surface area is 129 Å². The molecule has 0 spiro atoms. The first-order valence-corrected chi connectivity index (χ1v) is 8.18.